The molecule has 3 nitrogen and oxygen atoms in total. The van der Waals surface area contributed by atoms with Crippen LogP contribution in [-0.4, -0.2) is 41.2 Å². The molecule has 1 rings (SSSR count). The Labute approximate surface area is 110 Å². The Balaban J connectivity index is 2.24. The fraction of sp³-hybridized carbons (Fsp3) is 0.923. The van der Waals surface area contributed by atoms with Gasteiger partial charge in [-0.25, -0.2) is 0 Å². The maximum atomic E-state index is 9.18. The Bertz CT molecular complexity index is 256. The van der Waals surface area contributed by atoms with Crippen molar-refractivity contribution in [3.05, 3.63) is 0 Å². The summed E-state index contributed by atoms with van der Waals surface area (Å²) in [5.74, 6) is 0.479. The van der Waals surface area contributed by atoms with Gasteiger partial charge in [0.15, 0.2) is 0 Å². The Hall–Kier alpha value is -0.190. The van der Waals surface area contributed by atoms with Gasteiger partial charge in [0.05, 0.1) is 4.99 Å². The van der Waals surface area contributed by atoms with Crippen LogP contribution >= 0.6 is 12.2 Å². The van der Waals surface area contributed by atoms with Crippen LogP contribution in [0.2, 0.25) is 0 Å². The minimum absolute atomic E-state index is 0.0263. The van der Waals surface area contributed by atoms with Gasteiger partial charge in [0.1, 0.15) is 0 Å². The number of hydrogen-bond donors (Lipinski definition) is 2. The Morgan fingerprint density at radius 3 is 2.82 bits per heavy atom. The summed E-state index contributed by atoms with van der Waals surface area (Å²) in [4.78, 5) is 3.07. The summed E-state index contributed by atoms with van der Waals surface area (Å²) in [6, 6.07) is 0. The van der Waals surface area contributed by atoms with Gasteiger partial charge in [-0.2, -0.15) is 0 Å². The quantitative estimate of drug-likeness (QED) is 0.713. The van der Waals surface area contributed by atoms with Crippen LogP contribution in [0.15, 0.2) is 0 Å². The van der Waals surface area contributed by atoms with Gasteiger partial charge < -0.3 is 15.7 Å². The third kappa shape index (κ3) is 4.90. The maximum Gasteiger partial charge on any atom is 0.0784 e. The molecule has 0 aliphatic carbocycles. The third-order valence-electron chi connectivity index (χ3n) is 3.80. The first-order valence-corrected chi connectivity index (χ1v) is 6.99. The van der Waals surface area contributed by atoms with E-state index in [4.69, 9.17) is 18.0 Å². The molecule has 0 spiro atoms. The lowest BCUT2D eigenvalue weighted by molar-refractivity contribution is 0.118. The van der Waals surface area contributed by atoms with Gasteiger partial charge in [0.25, 0.3) is 0 Å². The number of thiocarbonyl (C=S) groups is 1. The van der Waals surface area contributed by atoms with E-state index in [2.05, 4.69) is 18.7 Å². The molecule has 1 unspecified atom stereocenters. The van der Waals surface area contributed by atoms with Crippen molar-refractivity contribution in [2.75, 3.05) is 26.2 Å². The SMILES string of the molecule is CC(C)(CCCN1CCCC(CO)C1)C(N)=S. The molecule has 0 radical (unpaired) electrons. The van der Waals surface area contributed by atoms with Crippen LogP contribution in [0.5, 0.6) is 0 Å². The molecular formula is C13H26N2OS. The zero-order chi connectivity index (χ0) is 12.9. The first kappa shape index (κ1) is 14.9. The lowest BCUT2D eigenvalue weighted by Gasteiger charge is -2.32. The van der Waals surface area contributed by atoms with Gasteiger partial charge in [-0.1, -0.05) is 26.1 Å². The summed E-state index contributed by atoms with van der Waals surface area (Å²) < 4.78 is 0. The number of nitrogens with zero attached hydrogens (tertiary/aromatic N) is 1. The van der Waals surface area contributed by atoms with Crippen LogP contribution in [0.3, 0.4) is 0 Å². The minimum Gasteiger partial charge on any atom is -0.396 e. The highest BCUT2D eigenvalue weighted by molar-refractivity contribution is 7.80. The predicted molar refractivity (Wildman–Crippen MR) is 76.1 cm³/mol. The summed E-state index contributed by atoms with van der Waals surface area (Å²) in [5.41, 5.74) is 5.69. The van der Waals surface area contributed by atoms with E-state index in [0.717, 1.165) is 25.9 Å². The van der Waals surface area contributed by atoms with Crippen molar-refractivity contribution in [1.29, 1.82) is 0 Å². The molecule has 1 saturated heterocycles. The first-order valence-electron chi connectivity index (χ1n) is 6.59. The van der Waals surface area contributed by atoms with E-state index < -0.39 is 0 Å². The second kappa shape index (κ2) is 6.66. The van der Waals surface area contributed by atoms with Crippen molar-refractivity contribution >= 4 is 17.2 Å². The van der Waals surface area contributed by atoms with E-state index in [0.29, 0.717) is 17.5 Å². The smallest absolute Gasteiger partial charge is 0.0784 e. The number of rotatable bonds is 6. The third-order valence-corrected chi connectivity index (χ3v) is 4.36. The summed E-state index contributed by atoms with van der Waals surface area (Å²) in [7, 11) is 0. The highest BCUT2D eigenvalue weighted by Gasteiger charge is 2.23. The molecule has 0 aromatic rings. The normalized spacial score (nSPS) is 22.6. The van der Waals surface area contributed by atoms with Gasteiger partial charge in [-0.05, 0) is 44.7 Å². The largest absolute Gasteiger partial charge is 0.396 e. The van der Waals surface area contributed by atoms with E-state index in [1.165, 1.54) is 19.4 Å². The van der Waals surface area contributed by atoms with Crippen molar-refractivity contribution in [3.8, 4) is 0 Å². The van der Waals surface area contributed by atoms with E-state index in [9.17, 15) is 5.11 Å². The van der Waals surface area contributed by atoms with Crippen molar-refractivity contribution in [2.24, 2.45) is 17.1 Å². The summed E-state index contributed by atoms with van der Waals surface area (Å²) in [6.45, 7) is 7.87. The van der Waals surface area contributed by atoms with Gasteiger partial charge in [-0.15, -0.1) is 0 Å². The van der Waals surface area contributed by atoms with Crippen LogP contribution in [0.25, 0.3) is 0 Å². The topological polar surface area (TPSA) is 49.5 Å². The molecule has 1 aliphatic rings. The van der Waals surface area contributed by atoms with Gasteiger partial charge in [0.2, 0.25) is 0 Å². The van der Waals surface area contributed by atoms with Crippen molar-refractivity contribution in [3.63, 3.8) is 0 Å². The van der Waals surface area contributed by atoms with Crippen molar-refractivity contribution in [2.45, 2.75) is 39.5 Å². The number of piperidine rings is 1. The van der Waals surface area contributed by atoms with E-state index in [1.54, 1.807) is 0 Å². The Kier molecular flexibility index (Phi) is 5.83. The molecule has 1 atom stereocenters. The lowest BCUT2D eigenvalue weighted by Crippen LogP contribution is -2.38. The number of aliphatic hydroxyl groups excluding tert-OH is 1. The van der Waals surface area contributed by atoms with Crippen LogP contribution < -0.4 is 5.73 Å². The molecule has 0 bridgehead atoms. The molecular weight excluding hydrogens is 232 g/mol. The number of likely N-dealkylation sites (tertiary alicyclic amines) is 1. The zero-order valence-corrected chi connectivity index (χ0v) is 11.9. The molecule has 0 amide bonds. The van der Waals surface area contributed by atoms with Gasteiger partial charge in [-0.3, -0.25) is 0 Å². The van der Waals surface area contributed by atoms with Crippen LogP contribution in [0, 0.1) is 11.3 Å². The van der Waals surface area contributed by atoms with E-state index >= 15 is 0 Å². The molecule has 0 aromatic carbocycles. The molecule has 1 aliphatic heterocycles. The number of nitrogens with two attached hydrogens (primary N) is 1. The number of hydrogen-bond acceptors (Lipinski definition) is 3. The van der Waals surface area contributed by atoms with Crippen LogP contribution in [0.4, 0.5) is 0 Å². The molecule has 0 saturated carbocycles. The van der Waals surface area contributed by atoms with E-state index in [1.807, 2.05) is 0 Å². The minimum atomic E-state index is -0.0263. The molecule has 4 heteroatoms. The Morgan fingerprint density at radius 1 is 1.53 bits per heavy atom. The summed E-state index contributed by atoms with van der Waals surface area (Å²) in [6.07, 6.45) is 4.56. The van der Waals surface area contributed by atoms with Crippen molar-refractivity contribution < 1.29 is 5.11 Å². The number of aliphatic hydroxyl groups is 1. The highest BCUT2D eigenvalue weighted by Crippen LogP contribution is 2.23. The molecule has 0 aromatic heterocycles. The molecule has 100 valence electrons. The fourth-order valence-corrected chi connectivity index (χ4v) is 2.47. The summed E-state index contributed by atoms with van der Waals surface area (Å²) >= 11 is 5.07. The Morgan fingerprint density at radius 2 is 2.24 bits per heavy atom. The zero-order valence-electron chi connectivity index (χ0n) is 11.1. The van der Waals surface area contributed by atoms with E-state index in [-0.39, 0.29) is 5.41 Å². The second-order valence-corrected chi connectivity index (χ2v) is 6.28. The standard InChI is InChI=1S/C13H26N2OS/c1-13(2,12(14)17)6-4-8-15-7-3-5-11(9-15)10-16/h11,16H,3-10H2,1-2H3,(H2,14,17). The van der Waals surface area contributed by atoms with Crippen LogP contribution in [0.1, 0.15) is 39.5 Å². The average molecular weight is 258 g/mol. The lowest BCUT2D eigenvalue weighted by atomic mass is 9.87. The predicted octanol–water partition coefficient (Wildman–Crippen LogP) is 1.78. The van der Waals surface area contributed by atoms with Crippen LogP contribution in [-0.2, 0) is 0 Å². The van der Waals surface area contributed by atoms with Gasteiger partial charge in [0, 0.05) is 18.6 Å². The molecule has 17 heavy (non-hydrogen) atoms. The first-order chi connectivity index (χ1) is 7.95. The van der Waals surface area contributed by atoms with Gasteiger partial charge >= 0.3 is 0 Å². The molecule has 1 heterocycles. The molecule has 3 N–H and O–H groups in total. The second-order valence-electron chi connectivity index (χ2n) is 5.84. The maximum absolute atomic E-state index is 9.18. The molecule has 1 fully saturated rings. The highest BCUT2D eigenvalue weighted by atomic mass is 32.1. The van der Waals surface area contributed by atoms with Crippen molar-refractivity contribution in [1.82, 2.24) is 4.90 Å². The summed E-state index contributed by atoms with van der Waals surface area (Å²) in [5, 5.41) is 9.18. The average Bonchev–Trinajstić information content (AvgIpc) is 2.29. The fourth-order valence-electron chi connectivity index (χ4n) is 2.37. The monoisotopic (exact) mass is 258 g/mol.